The van der Waals surface area contributed by atoms with Gasteiger partial charge in [-0.05, 0) is 6.92 Å². The maximum Gasteiger partial charge on any atom is 0.217 e. The SMILES string of the molecule is CC(=O)N[C@H]1[C@H](O[C@H]2[C@@H](O)[C@@H](CO)O[C@@H](O[C@H]3[C@@H](O)[C@@H](CO[C@@H]4O[C@H](CO)[C@@H](O)[C@H](O[C@@H]5O[C@@H](C)[C@@H](O)[C@@H](O)[C@@H]5O)[C@H]4NC(C)=O)OC(O)[C@@H]3NC(C)=O)[C@@H]2O)O[C@H](CO)[C@@H](O)[C@@H]1O. The topological polar surface area (TPSA) is 433 Å². The zero-order chi connectivity index (χ0) is 47.5. The van der Waals surface area contributed by atoms with Crippen molar-refractivity contribution in [2.45, 2.75) is 181 Å². The summed E-state index contributed by atoms with van der Waals surface area (Å²) in [4.78, 5) is 36.7. The van der Waals surface area contributed by atoms with Gasteiger partial charge in [0.1, 0.15) is 116 Å². The Bertz CT molecular complexity index is 1540. The van der Waals surface area contributed by atoms with Gasteiger partial charge in [0.25, 0.3) is 0 Å². The van der Waals surface area contributed by atoms with E-state index < -0.39 is 197 Å². The summed E-state index contributed by atoms with van der Waals surface area (Å²) in [7, 11) is 0. The van der Waals surface area contributed by atoms with Gasteiger partial charge in [-0.15, -0.1) is 0 Å². The molecule has 5 saturated heterocycles. The van der Waals surface area contributed by atoms with Crippen molar-refractivity contribution in [1.29, 1.82) is 0 Å². The van der Waals surface area contributed by atoms with E-state index in [-0.39, 0.29) is 0 Å². The molecule has 0 aromatic heterocycles. The highest BCUT2D eigenvalue weighted by Crippen LogP contribution is 2.34. The minimum Gasteiger partial charge on any atom is -0.394 e. The summed E-state index contributed by atoms with van der Waals surface area (Å²) >= 11 is 0. The summed E-state index contributed by atoms with van der Waals surface area (Å²) in [5.41, 5.74) is 0. The quantitative estimate of drug-likeness (QED) is 0.0725. The van der Waals surface area contributed by atoms with Gasteiger partial charge in [0.05, 0.1) is 32.5 Å². The van der Waals surface area contributed by atoms with Crippen LogP contribution in [0.15, 0.2) is 0 Å². The largest absolute Gasteiger partial charge is 0.394 e. The van der Waals surface area contributed by atoms with E-state index in [0.717, 1.165) is 20.8 Å². The van der Waals surface area contributed by atoms with Crippen LogP contribution in [-0.4, -0.2) is 264 Å². The molecule has 0 bridgehead atoms. The van der Waals surface area contributed by atoms with Crippen LogP contribution in [0.3, 0.4) is 0 Å². The number of aliphatic hydroxyl groups is 13. The predicted molar refractivity (Wildman–Crippen MR) is 200 cm³/mol. The van der Waals surface area contributed by atoms with Crippen LogP contribution < -0.4 is 16.0 Å². The van der Waals surface area contributed by atoms with Gasteiger partial charge in [-0.3, -0.25) is 14.4 Å². The Kier molecular flexibility index (Phi) is 18.5. The van der Waals surface area contributed by atoms with E-state index in [0.29, 0.717) is 0 Å². The third-order valence-corrected chi connectivity index (χ3v) is 11.5. The maximum absolute atomic E-state index is 12.4. The predicted octanol–water partition coefficient (Wildman–Crippen LogP) is -10.5. The monoisotopic (exact) mass is 935 g/mol. The van der Waals surface area contributed by atoms with Crippen LogP contribution in [0, 0.1) is 0 Å². The third-order valence-electron chi connectivity index (χ3n) is 11.5. The van der Waals surface area contributed by atoms with Crippen molar-refractivity contribution in [3.63, 3.8) is 0 Å². The molecule has 0 aliphatic carbocycles. The Hall–Kier alpha value is -2.47. The summed E-state index contributed by atoms with van der Waals surface area (Å²) in [5, 5.41) is 146. The first-order valence-corrected chi connectivity index (χ1v) is 20.4. The molecule has 0 saturated carbocycles. The molecule has 0 radical (unpaired) electrons. The third kappa shape index (κ3) is 11.6. The van der Waals surface area contributed by atoms with Crippen LogP contribution in [-0.2, 0) is 57.0 Å². The number of ether oxygens (including phenoxy) is 9. The highest BCUT2D eigenvalue weighted by atomic mass is 16.8. The maximum atomic E-state index is 12.4. The molecule has 370 valence electrons. The molecule has 64 heavy (non-hydrogen) atoms. The van der Waals surface area contributed by atoms with Crippen molar-refractivity contribution >= 4 is 17.7 Å². The summed E-state index contributed by atoms with van der Waals surface area (Å²) in [6, 6.07) is -4.69. The molecule has 16 N–H and O–H groups in total. The number of nitrogens with one attached hydrogen (secondary N) is 3. The number of rotatable bonds is 15. The van der Waals surface area contributed by atoms with Crippen LogP contribution in [0.25, 0.3) is 0 Å². The van der Waals surface area contributed by atoms with Gasteiger partial charge in [-0.25, -0.2) is 0 Å². The molecule has 25 atom stereocenters. The van der Waals surface area contributed by atoms with E-state index in [2.05, 4.69) is 16.0 Å². The van der Waals surface area contributed by atoms with Gasteiger partial charge in [0.15, 0.2) is 31.5 Å². The molecular formula is C36H61N3O25. The second-order valence-electron chi connectivity index (χ2n) is 16.2. The van der Waals surface area contributed by atoms with Gasteiger partial charge >= 0.3 is 0 Å². The molecular weight excluding hydrogens is 874 g/mol. The van der Waals surface area contributed by atoms with Gasteiger partial charge in [-0.1, -0.05) is 0 Å². The normalized spacial score (nSPS) is 47.7. The molecule has 5 rings (SSSR count). The lowest BCUT2D eigenvalue weighted by molar-refractivity contribution is -0.368. The fraction of sp³-hybridized carbons (Fsp3) is 0.917. The van der Waals surface area contributed by atoms with E-state index in [1.807, 2.05) is 0 Å². The summed E-state index contributed by atoms with van der Waals surface area (Å²) in [5.74, 6) is -2.22. The van der Waals surface area contributed by atoms with Crippen LogP contribution in [0.2, 0.25) is 0 Å². The molecule has 28 nitrogen and oxygen atoms in total. The number of carbonyl (C=O) groups is 3. The Morgan fingerprint density at radius 3 is 1.44 bits per heavy atom. The van der Waals surface area contributed by atoms with E-state index in [1.54, 1.807) is 0 Å². The standard InChI is InChI=1S/C36H61N3O25/c1-9-20(46)26(52)27(53)35(57-9)63-30-19(39-12(4)45)33(59-14(6-41)22(30)48)56-8-16-24(50)29(18(32(55)58-16)38-11(3)44)62-36-28(54)31(23(49)15(7-42)61-36)64-34-17(37-10(2)43)25(51)21(47)13(5-40)60-34/h9,13-36,40-42,46-55H,5-8H2,1-4H3,(H,37,43)(H,38,44)(H,39,45)/t9-,13+,14+,15+,16+,17+,18+,19+,20+,21+,22+,23-,24-,25+,26+,27-,28+,29+,30+,31-,32?,33+,34-,35-,36-/m0/s1. The zero-order valence-corrected chi connectivity index (χ0v) is 35.0. The van der Waals surface area contributed by atoms with Gasteiger partial charge < -0.3 is 125 Å². The van der Waals surface area contributed by atoms with Crippen LogP contribution in [0.4, 0.5) is 0 Å². The summed E-state index contributed by atoms with van der Waals surface area (Å²) in [6.45, 7) is 1.14. The molecule has 0 aromatic carbocycles. The second-order valence-corrected chi connectivity index (χ2v) is 16.2. The van der Waals surface area contributed by atoms with Gasteiger partial charge in [-0.2, -0.15) is 0 Å². The number of hydrogen-bond acceptors (Lipinski definition) is 25. The number of hydrogen-bond donors (Lipinski definition) is 16. The summed E-state index contributed by atoms with van der Waals surface area (Å²) < 4.78 is 51.5. The van der Waals surface area contributed by atoms with Crippen molar-refractivity contribution < 1.29 is 123 Å². The Morgan fingerprint density at radius 1 is 0.438 bits per heavy atom. The van der Waals surface area contributed by atoms with Crippen molar-refractivity contribution in [2.75, 3.05) is 26.4 Å². The molecule has 0 spiro atoms. The molecule has 5 aliphatic heterocycles. The molecule has 28 heteroatoms. The molecule has 5 aliphatic rings. The highest BCUT2D eigenvalue weighted by molar-refractivity contribution is 5.74. The van der Waals surface area contributed by atoms with Crippen molar-refractivity contribution in [3.05, 3.63) is 0 Å². The fourth-order valence-corrected chi connectivity index (χ4v) is 8.07. The molecule has 5 heterocycles. The van der Waals surface area contributed by atoms with Crippen molar-refractivity contribution in [2.24, 2.45) is 0 Å². The Balaban J connectivity index is 1.38. The van der Waals surface area contributed by atoms with Crippen LogP contribution >= 0.6 is 0 Å². The molecule has 3 amide bonds. The van der Waals surface area contributed by atoms with Crippen molar-refractivity contribution in [3.8, 4) is 0 Å². The van der Waals surface area contributed by atoms with E-state index in [1.165, 1.54) is 6.92 Å². The summed E-state index contributed by atoms with van der Waals surface area (Å²) in [6.07, 6.45) is -38.2. The van der Waals surface area contributed by atoms with Gasteiger partial charge in [0, 0.05) is 20.8 Å². The van der Waals surface area contributed by atoms with Crippen LogP contribution in [0.1, 0.15) is 27.7 Å². The highest BCUT2D eigenvalue weighted by Gasteiger charge is 2.56. The fourth-order valence-electron chi connectivity index (χ4n) is 8.07. The molecule has 5 fully saturated rings. The lowest BCUT2D eigenvalue weighted by Gasteiger charge is -2.49. The lowest BCUT2D eigenvalue weighted by atomic mass is 9.94. The lowest BCUT2D eigenvalue weighted by Crippen LogP contribution is -2.70. The van der Waals surface area contributed by atoms with Crippen LogP contribution in [0.5, 0.6) is 0 Å². The van der Waals surface area contributed by atoms with Gasteiger partial charge in [0.2, 0.25) is 17.7 Å². The van der Waals surface area contributed by atoms with Crippen molar-refractivity contribution in [1.82, 2.24) is 16.0 Å². The number of carbonyl (C=O) groups excluding carboxylic acids is 3. The Morgan fingerprint density at radius 2 is 0.875 bits per heavy atom. The first-order chi connectivity index (χ1) is 30.1. The first kappa shape index (κ1) is 52.5. The van der Waals surface area contributed by atoms with E-state index in [4.69, 9.17) is 42.6 Å². The smallest absolute Gasteiger partial charge is 0.217 e. The average molecular weight is 936 g/mol. The van der Waals surface area contributed by atoms with E-state index >= 15 is 0 Å². The number of amides is 3. The first-order valence-electron chi connectivity index (χ1n) is 20.4. The minimum absolute atomic E-state index is 0.724. The number of aliphatic hydroxyl groups excluding tert-OH is 13. The van der Waals surface area contributed by atoms with E-state index in [9.17, 15) is 80.8 Å². The molecule has 0 aromatic rings. The Labute approximate surface area is 364 Å². The second kappa shape index (κ2) is 22.6. The minimum atomic E-state index is -2.11. The zero-order valence-electron chi connectivity index (χ0n) is 35.0. The average Bonchev–Trinajstić information content (AvgIpc) is 3.24. The molecule has 1 unspecified atom stereocenters.